The number of benzene rings is 1. The number of aromatic nitrogens is 2. The van der Waals surface area contributed by atoms with Crippen LogP contribution in [-0.2, 0) is 7.05 Å². The summed E-state index contributed by atoms with van der Waals surface area (Å²) >= 11 is 0. The van der Waals surface area contributed by atoms with E-state index in [0.717, 1.165) is 6.20 Å². The Kier molecular flexibility index (Phi) is 3.63. The summed E-state index contributed by atoms with van der Waals surface area (Å²) in [7, 11) is 1.49. The normalized spacial score (nSPS) is 12.6. The molecule has 23 heavy (non-hydrogen) atoms. The number of nitrogens with one attached hydrogen (secondary N) is 1. The van der Waals surface area contributed by atoms with Crippen LogP contribution < -0.4 is 14.9 Å². The van der Waals surface area contributed by atoms with Gasteiger partial charge in [-0.05, 0) is 23.8 Å². The summed E-state index contributed by atoms with van der Waals surface area (Å²) in [6.07, 6.45) is 2.53. The van der Waals surface area contributed by atoms with Crippen molar-refractivity contribution < 1.29 is 19.2 Å². The van der Waals surface area contributed by atoms with Gasteiger partial charge in [0.1, 0.15) is 6.20 Å². The maximum atomic E-state index is 11.9. The Hall–Kier alpha value is -3.43. The molecule has 0 fully saturated rings. The number of fused-ring (bicyclic) bond motifs is 1. The second-order valence-corrected chi connectivity index (χ2v) is 4.61. The maximum absolute atomic E-state index is 11.9. The van der Waals surface area contributed by atoms with Crippen molar-refractivity contribution in [3.8, 4) is 11.5 Å². The Morgan fingerprint density at radius 1 is 1.48 bits per heavy atom. The molecule has 2 heterocycles. The quantitative estimate of drug-likeness (QED) is 0.506. The molecule has 2 aromatic rings. The molecular formula is C13H11N5O5. The zero-order valence-electron chi connectivity index (χ0n) is 11.9. The van der Waals surface area contributed by atoms with Crippen LogP contribution in [0.1, 0.15) is 16.1 Å². The SMILES string of the molecule is Cn1cc([N+](=O)[O-])c(C(=O)N/N=C\c2ccc3c(c2)OCO3)n1. The van der Waals surface area contributed by atoms with Crippen LogP contribution in [0.3, 0.4) is 0 Å². The largest absolute Gasteiger partial charge is 0.454 e. The van der Waals surface area contributed by atoms with Crippen molar-refractivity contribution in [1.82, 2.24) is 15.2 Å². The summed E-state index contributed by atoms with van der Waals surface area (Å²) in [6, 6.07) is 5.14. The highest BCUT2D eigenvalue weighted by Gasteiger charge is 2.24. The van der Waals surface area contributed by atoms with Crippen molar-refractivity contribution >= 4 is 17.8 Å². The number of ether oxygens (including phenoxy) is 2. The monoisotopic (exact) mass is 317 g/mol. The van der Waals surface area contributed by atoms with Gasteiger partial charge in [-0.3, -0.25) is 19.6 Å². The van der Waals surface area contributed by atoms with Gasteiger partial charge in [-0.1, -0.05) is 0 Å². The van der Waals surface area contributed by atoms with Crippen LogP contribution in [-0.4, -0.2) is 33.6 Å². The van der Waals surface area contributed by atoms with Crippen LogP contribution in [0.15, 0.2) is 29.5 Å². The highest BCUT2D eigenvalue weighted by molar-refractivity contribution is 5.96. The predicted molar refractivity (Wildman–Crippen MR) is 77.5 cm³/mol. The second-order valence-electron chi connectivity index (χ2n) is 4.61. The van der Waals surface area contributed by atoms with Crippen LogP contribution in [0.5, 0.6) is 11.5 Å². The molecule has 0 aliphatic carbocycles. The molecule has 1 aromatic heterocycles. The molecule has 0 unspecified atom stereocenters. The minimum Gasteiger partial charge on any atom is -0.454 e. The van der Waals surface area contributed by atoms with Crippen LogP contribution in [0.2, 0.25) is 0 Å². The predicted octanol–water partition coefficient (Wildman–Crippen LogP) is 0.821. The molecule has 3 rings (SSSR count). The number of carbonyl (C=O) groups excluding carboxylic acids is 1. The molecule has 1 aliphatic heterocycles. The van der Waals surface area contributed by atoms with Crippen LogP contribution >= 0.6 is 0 Å². The third-order valence-corrected chi connectivity index (χ3v) is 3.00. The van der Waals surface area contributed by atoms with Gasteiger partial charge in [-0.2, -0.15) is 10.2 Å². The van der Waals surface area contributed by atoms with E-state index < -0.39 is 10.8 Å². The first-order chi connectivity index (χ1) is 11.0. The third-order valence-electron chi connectivity index (χ3n) is 3.00. The van der Waals surface area contributed by atoms with Crippen molar-refractivity contribution in [3.63, 3.8) is 0 Å². The molecule has 0 bridgehead atoms. The number of hydrogen-bond donors (Lipinski definition) is 1. The molecule has 0 atom stereocenters. The molecule has 10 nitrogen and oxygen atoms in total. The Morgan fingerprint density at radius 2 is 2.26 bits per heavy atom. The lowest BCUT2D eigenvalue weighted by Crippen LogP contribution is -2.19. The summed E-state index contributed by atoms with van der Waals surface area (Å²) < 4.78 is 11.6. The molecule has 1 amide bonds. The van der Waals surface area contributed by atoms with Gasteiger partial charge >= 0.3 is 5.69 Å². The summed E-state index contributed by atoms with van der Waals surface area (Å²) in [5.74, 6) is 0.449. The topological polar surface area (TPSA) is 121 Å². The van der Waals surface area contributed by atoms with Gasteiger partial charge in [0, 0.05) is 7.05 Å². The lowest BCUT2D eigenvalue weighted by atomic mass is 10.2. The van der Waals surface area contributed by atoms with E-state index in [9.17, 15) is 14.9 Å². The molecule has 1 aliphatic rings. The van der Waals surface area contributed by atoms with Gasteiger partial charge in [0.05, 0.1) is 11.1 Å². The molecule has 10 heteroatoms. The van der Waals surface area contributed by atoms with E-state index in [1.807, 2.05) is 0 Å². The van der Waals surface area contributed by atoms with Gasteiger partial charge in [-0.15, -0.1) is 0 Å². The van der Waals surface area contributed by atoms with E-state index in [-0.39, 0.29) is 18.2 Å². The number of carbonyl (C=O) groups is 1. The van der Waals surface area contributed by atoms with Crippen molar-refractivity contribution in [3.05, 3.63) is 45.8 Å². The molecule has 1 aromatic carbocycles. The number of rotatable bonds is 4. The summed E-state index contributed by atoms with van der Waals surface area (Å²) in [5, 5.41) is 18.4. The van der Waals surface area contributed by atoms with Gasteiger partial charge in [0.2, 0.25) is 12.5 Å². The van der Waals surface area contributed by atoms with E-state index >= 15 is 0 Å². The molecule has 0 radical (unpaired) electrons. The molecular weight excluding hydrogens is 306 g/mol. The van der Waals surface area contributed by atoms with Crippen molar-refractivity contribution in [2.75, 3.05) is 6.79 Å². The van der Waals surface area contributed by atoms with E-state index in [1.165, 1.54) is 17.9 Å². The summed E-state index contributed by atoms with van der Waals surface area (Å²) in [6.45, 7) is 0.163. The highest BCUT2D eigenvalue weighted by atomic mass is 16.7. The maximum Gasteiger partial charge on any atom is 0.320 e. The number of amides is 1. The van der Waals surface area contributed by atoms with Crippen molar-refractivity contribution in [2.45, 2.75) is 0 Å². The van der Waals surface area contributed by atoms with Gasteiger partial charge in [0.15, 0.2) is 11.5 Å². The minimum absolute atomic E-state index is 0.163. The lowest BCUT2D eigenvalue weighted by Gasteiger charge is -1.98. The van der Waals surface area contributed by atoms with Gasteiger partial charge in [-0.25, -0.2) is 5.43 Å². The molecule has 0 saturated heterocycles. The summed E-state index contributed by atoms with van der Waals surface area (Å²) in [4.78, 5) is 22.1. The number of aryl methyl sites for hydroxylation is 1. The number of nitro groups is 1. The standard InChI is InChI=1S/C13H11N5O5/c1-17-6-9(18(20)21)12(16-17)13(19)15-14-5-8-2-3-10-11(4-8)23-7-22-10/h2-6H,7H2,1H3,(H,15,19)/b14-5-. The lowest BCUT2D eigenvalue weighted by molar-refractivity contribution is -0.385. The Morgan fingerprint density at radius 3 is 3.04 bits per heavy atom. The third kappa shape index (κ3) is 2.95. The number of nitrogens with zero attached hydrogens (tertiary/aromatic N) is 4. The molecule has 0 saturated carbocycles. The first kappa shape index (κ1) is 14.5. The van der Waals surface area contributed by atoms with Crippen LogP contribution in [0.4, 0.5) is 5.69 Å². The fraction of sp³-hybridized carbons (Fsp3) is 0.154. The summed E-state index contributed by atoms with van der Waals surface area (Å²) in [5.41, 5.74) is 2.18. The Labute approximate surface area is 129 Å². The second kappa shape index (κ2) is 5.75. The van der Waals surface area contributed by atoms with Crippen molar-refractivity contribution in [2.24, 2.45) is 12.1 Å². The molecule has 1 N–H and O–H groups in total. The van der Waals surface area contributed by atoms with E-state index in [0.29, 0.717) is 17.1 Å². The average molecular weight is 317 g/mol. The fourth-order valence-electron chi connectivity index (χ4n) is 1.98. The van der Waals surface area contributed by atoms with E-state index in [2.05, 4.69) is 15.6 Å². The minimum atomic E-state index is -0.769. The molecule has 118 valence electrons. The van der Waals surface area contributed by atoms with Crippen LogP contribution in [0, 0.1) is 10.1 Å². The Bertz CT molecular complexity index is 813. The smallest absolute Gasteiger partial charge is 0.320 e. The van der Waals surface area contributed by atoms with Gasteiger partial charge in [0.25, 0.3) is 5.91 Å². The highest BCUT2D eigenvalue weighted by Crippen LogP contribution is 2.31. The first-order valence-electron chi connectivity index (χ1n) is 6.45. The Balaban J connectivity index is 1.70. The number of hydrogen-bond acceptors (Lipinski definition) is 7. The number of hydrazone groups is 1. The van der Waals surface area contributed by atoms with E-state index in [4.69, 9.17) is 9.47 Å². The zero-order valence-corrected chi connectivity index (χ0v) is 11.9. The van der Waals surface area contributed by atoms with E-state index in [1.54, 1.807) is 18.2 Å². The van der Waals surface area contributed by atoms with Gasteiger partial charge < -0.3 is 9.47 Å². The first-order valence-corrected chi connectivity index (χ1v) is 6.45. The van der Waals surface area contributed by atoms with Crippen molar-refractivity contribution in [1.29, 1.82) is 0 Å². The average Bonchev–Trinajstić information content (AvgIpc) is 3.12. The van der Waals surface area contributed by atoms with Crippen LogP contribution in [0.25, 0.3) is 0 Å². The zero-order chi connectivity index (χ0) is 16.4. The molecule has 0 spiro atoms. The fourth-order valence-corrected chi connectivity index (χ4v) is 1.98.